The first-order valence-corrected chi connectivity index (χ1v) is 8.36. The summed E-state index contributed by atoms with van der Waals surface area (Å²) in [5, 5.41) is 6.16. The smallest absolute Gasteiger partial charge is 0.366 e. The number of aliphatic hydroxyl groups is 1. The van der Waals surface area contributed by atoms with Crippen molar-refractivity contribution in [2.75, 3.05) is 0 Å². The van der Waals surface area contributed by atoms with Crippen LogP contribution in [0.1, 0.15) is 5.56 Å². The van der Waals surface area contributed by atoms with Crippen LogP contribution in [-0.2, 0) is 15.6 Å². The van der Waals surface area contributed by atoms with E-state index in [-0.39, 0.29) is 6.42 Å². The Morgan fingerprint density at radius 1 is 1.05 bits per heavy atom. The zero-order chi connectivity index (χ0) is 14.9. The summed E-state index contributed by atoms with van der Waals surface area (Å²) in [7, 11) is -11.1. The summed E-state index contributed by atoms with van der Waals surface area (Å²) in [6.07, 6.45) is -0.298. The molecule has 1 rings (SSSR count). The van der Waals surface area contributed by atoms with Crippen molar-refractivity contribution in [3.8, 4) is 0 Å². The van der Waals surface area contributed by atoms with Crippen molar-refractivity contribution in [3.05, 3.63) is 35.9 Å². The van der Waals surface area contributed by atoms with Crippen molar-refractivity contribution in [1.29, 1.82) is 0 Å². The highest BCUT2D eigenvalue weighted by molar-refractivity contribution is 7.72. The molecule has 1 atom stereocenters. The number of nitrogens with two attached hydrogens (primary N) is 1. The van der Waals surface area contributed by atoms with E-state index >= 15 is 0 Å². The third-order valence-corrected chi connectivity index (χ3v) is 6.59. The molecule has 7 N–H and O–H groups in total. The highest BCUT2D eigenvalue weighted by Gasteiger charge is 2.63. The van der Waals surface area contributed by atoms with Gasteiger partial charge in [-0.25, -0.2) is 0 Å². The first kappa shape index (κ1) is 16.5. The molecule has 0 fully saturated rings. The average Bonchev–Trinajstić information content (AvgIpc) is 2.26. The number of hydrogen-bond donors (Lipinski definition) is 6. The van der Waals surface area contributed by atoms with E-state index in [1.165, 1.54) is 0 Å². The van der Waals surface area contributed by atoms with Crippen LogP contribution in [0.2, 0.25) is 0 Å². The van der Waals surface area contributed by atoms with Gasteiger partial charge in [0.2, 0.25) is 0 Å². The number of benzene rings is 1. The maximum absolute atomic E-state index is 11.2. The van der Waals surface area contributed by atoms with E-state index in [1.807, 2.05) is 0 Å². The van der Waals surface area contributed by atoms with Crippen molar-refractivity contribution in [3.63, 3.8) is 0 Å². The highest BCUT2D eigenvalue weighted by Crippen LogP contribution is 2.68. The van der Waals surface area contributed by atoms with Crippen molar-refractivity contribution >= 4 is 15.2 Å². The minimum absolute atomic E-state index is 0.298. The molecule has 0 unspecified atom stereocenters. The molecular formula is C9H15NO7P2. The Morgan fingerprint density at radius 3 is 1.84 bits per heavy atom. The molecule has 0 aliphatic rings. The summed E-state index contributed by atoms with van der Waals surface area (Å²) in [5.74, 6) is 0. The van der Waals surface area contributed by atoms with Gasteiger partial charge in [-0.3, -0.25) is 9.13 Å². The topological polar surface area (TPSA) is 161 Å². The molecule has 1 aromatic rings. The van der Waals surface area contributed by atoms with Gasteiger partial charge in [-0.05, 0) is 12.0 Å². The molecular weight excluding hydrogens is 296 g/mol. The lowest BCUT2D eigenvalue weighted by atomic mass is 10.1. The Hall–Kier alpha value is -0.560. The van der Waals surface area contributed by atoms with E-state index in [0.29, 0.717) is 5.56 Å². The molecule has 0 spiro atoms. The fourth-order valence-electron chi connectivity index (χ4n) is 1.61. The second kappa shape index (κ2) is 5.44. The van der Waals surface area contributed by atoms with Crippen LogP contribution in [0.3, 0.4) is 0 Å². The van der Waals surface area contributed by atoms with Crippen LogP contribution in [-0.4, -0.2) is 35.8 Å². The zero-order valence-electron chi connectivity index (χ0n) is 9.70. The second-order valence-electron chi connectivity index (χ2n) is 4.07. The summed E-state index contributed by atoms with van der Waals surface area (Å²) in [6.45, 7) is 0. The van der Waals surface area contributed by atoms with Gasteiger partial charge in [-0.15, -0.1) is 0 Å². The predicted octanol–water partition coefficient (Wildman–Crippen LogP) is -0.442. The third-order valence-electron chi connectivity index (χ3n) is 2.65. The monoisotopic (exact) mass is 311 g/mol. The molecule has 0 bridgehead atoms. The zero-order valence-corrected chi connectivity index (χ0v) is 11.5. The van der Waals surface area contributed by atoms with Crippen molar-refractivity contribution in [1.82, 2.24) is 0 Å². The Kier molecular flexibility index (Phi) is 4.72. The molecule has 19 heavy (non-hydrogen) atoms. The maximum Gasteiger partial charge on any atom is 0.371 e. The van der Waals surface area contributed by atoms with E-state index in [0.717, 1.165) is 0 Å². The normalized spacial score (nSPS) is 15.3. The minimum atomic E-state index is -5.53. The average molecular weight is 311 g/mol. The summed E-state index contributed by atoms with van der Waals surface area (Å²) in [5.41, 5.74) is 5.90. The van der Waals surface area contributed by atoms with E-state index < -0.39 is 26.3 Å². The Labute approximate surface area is 109 Å². The van der Waals surface area contributed by atoms with Gasteiger partial charge in [0.15, 0.2) is 0 Å². The molecule has 1 aromatic carbocycles. The summed E-state index contributed by atoms with van der Waals surface area (Å²) in [6, 6.07) is 6.22. The van der Waals surface area contributed by atoms with Gasteiger partial charge >= 0.3 is 15.2 Å². The maximum atomic E-state index is 11.2. The van der Waals surface area contributed by atoms with E-state index in [9.17, 15) is 14.2 Å². The molecule has 0 aliphatic heterocycles. The molecule has 8 nitrogen and oxygen atoms in total. The Morgan fingerprint density at radius 2 is 1.47 bits per heavy atom. The molecule has 0 heterocycles. The molecule has 108 valence electrons. The fraction of sp³-hybridized carbons (Fsp3) is 0.333. The van der Waals surface area contributed by atoms with Gasteiger partial charge < -0.3 is 30.4 Å². The lowest BCUT2D eigenvalue weighted by molar-refractivity contribution is 0.107. The van der Waals surface area contributed by atoms with Gasteiger partial charge in [0.1, 0.15) is 0 Å². The van der Waals surface area contributed by atoms with E-state index in [2.05, 4.69) is 0 Å². The fourth-order valence-corrected chi connectivity index (χ4v) is 4.01. The van der Waals surface area contributed by atoms with Gasteiger partial charge in [0.25, 0.3) is 5.08 Å². The molecule has 0 aliphatic carbocycles. The molecule has 0 radical (unpaired) electrons. The first-order valence-electron chi connectivity index (χ1n) is 5.13. The molecule has 0 saturated carbocycles. The van der Waals surface area contributed by atoms with Crippen LogP contribution in [0, 0.1) is 0 Å². The second-order valence-corrected chi connectivity index (χ2v) is 7.96. The van der Waals surface area contributed by atoms with Gasteiger partial charge in [-0.1, -0.05) is 30.3 Å². The van der Waals surface area contributed by atoms with Crippen LogP contribution >= 0.6 is 15.2 Å². The Balaban J connectivity index is 3.15. The van der Waals surface area contributed by atoms with Crippen LogP contribution in [0.4, 0.5) is 0 Å². The third kappa shape index (κ3) is 3.31. The van der Waals surface area contributed by atoms with Crippen molar-refractivity contribution < 1.29 is 33.8 Å². The molecule has 0 aromatic heterocycles. The van der Waals surface area contributed by atoms with Crippen LogP contribution < -0.4 is 5.73 Å². The standard InChI is InChI=1S/C9H15NO7P2/c10-8(6-7-4-2-1-3-5-7)9(11,18(12,13)14)19(15,16)17/h1-5,8,11H,6,10H2,(H2,12,13,14)(H2,15,16,17)/t8-/m0/s1. The highest BCUT2D eigenvalue weighted by atomic mass is 31.2. The lowest BCUT2D eigenvalue weighted by Gasteiger charge is -2.34. The van der Waals surface area contributed by atoms with Gasteiger partial charge in [-0.2, -0.15) is 0 Å². The van der Waals surface area contributed by atoms with Crippen molar-refractivity contribution in [2.45, 2.75) is 17.5 Å². The Bertz CT molecular complexity index is 501. The van der Waals surface area contributed by atoms with Gasteiger partial charge in [0.05, 0.1) is 6.04 Å². The molecule has 0 saturated heterocycles. The largest absolute Gasteiger partial charge is 0.371 e. The van der Waals surface area contributed by atoms with Crippen LogP contribution in [0.25, 0.3) is 0 Å². The SMILES string of the molecule is N[C@@H](Cc1ccccc1)C(O)(P(=O)(O)O)P(=O)(O)O. The van der Waals surface area contributed by atoms with E-state index in [1.54, 1.807) is 30.3 Å². The number of hydrogen-bond acceptors (Lipinski definition) is 4. The van der Waals surface area contributed by atoms with Gasteiger partial charge in [0, 0.05) is 0 Å². The quantitative estimate of drug-likeness (QED) is 0.399. The first-order chi connectivity index (χ1) is 8.50. The summed E-state index contributed by atoms with van der Waals surface area (Å²) >= 11 is 0. The minimum Gasteiger partial charge on any atom is -0.366 e. The molecule has 0 amide bonds. The molecule has 10 heteroatoms. The summed E-state index contributed by atoms with van der Waals surface area (Å²) in [4.78, 5) is 36.0. The van der Waals surface area contributed by atoms with Crippen molar-refractivity contribution in [2.24, 2.45) is 5.73 Å². The predicted molar refractivity (Wildman–Crippen MR) is 67.2 cm³/mol. The van der Waals surface area contributed by atoms with E-state index in [4.69, 9.17) is 25.3 Å². The van der Waals surface area contributed by atoms with Crippen LogP contribution in [0.15, 0.2) is 30.3 Å². The summed E-state index contributed by atoms with van der Waals surface area (Å²) < 4.78 is 22.4. The lowest BCUT2D eigenvalue weighted by Crippen LogP contribution is -2.48. The van der Waals surface area contributed by atoms with Crippen LogP contribution in [0.5, 0.6) is 0 Å². The number of rotatable bonds is 5.